The largest absolute Gasteiger partial charge is 0.492 e. The first-order valence-electron chi connectivity index (χ1n) is 6.55. The Balaban J connectivity index is 2.11. The molecule has 104 valence electrons. The minimum atomic E-state index is -0.0208. The first kappa shape index (κ1) is 14.5. The molecule has 0 aliphatic heterocycles. The zero-order chi connectivity index (χ0) is 14.4. The third-order valence-corrected chi connectivity index (χ3v) is 3.19. The van der Waals surface area contributed by atoms with E-state index in [4.69, 9.17) is 16.3 Å². The Morgan fingerprint density at radius 3 is 2.85 bits per heavy atom. The quantitative estimate of drug-likeness (QED) is 0.756. The SMILES string of the molecule is CCCOc1cncc(C(=O)Cc2ccccc2Cl)c1. The van der Waals surface area contributed by atoms with Gasteiger partial charge in [-0.05, 0) is 24.1 Å². The maximum absolute atomic E-state index is 12.2. The van der Waals surface area contributed by atoms with Gasteiger partial charge in [0.05, 0.1) is 12.8 Å². The third kappa shape index (κ3) is 3.81. The molecule has 0 saturated carbocycles. The first-order chi connectivity index (χ1) is 9.70. The van der Waals surface area contributed by atoms with Crippen LogP contribution in [0.25, 0.3) is 0 Å². The van der Waals surface area contributed by atoms with E-state index in [-0.39, 0.29) is 12.2 Å². The molecule has 4 heteroatoms. The lowest BCUT2D eigenvalue weighted by Gasteiger charge is -2.06. The number of hydrogen-bond acceptors (Lipinski definition) is 3. The molecule has 0 saturated heterocycles. The van der Waals surface area contributed by atoms with E-state index in [1.54, 1.807) is 24.5 Å². The van der Waals surface area contributed by atoms with E-state index in [2.05, 4.69) is 4.98 Å². The predicted octanol–water partition coefficient (Wildman–Crippen LogP) is 3.95. The number of ether oxygens (including phenoxy) is 1. The van der Waals surface area contributed by atoms with Gasteiger partial charge in [-0.2, -0.15) is 0 Å². The molecule has 0 fully saturated rings. The van der Waals surface area contributed by atoms with Crippen LogP contribution < -0.4 is 4.74 Å². The van der Waals surface area contributed by atoms with Crippen LogP contribution >= 0.6 is 11.6 Å². The summed E-state index contributed by atoms with van der Waals surface area (Å²) in [5.74, 6) is 0.601. The van der Waals surface area contributed by atoms with E-state index in [0.29, 0.717) is 22.9 Å². The Hall–Kier alpha value is -1.87. The summed E-state index contributed by atoms with van der Waals surface area (Å²) in [6.07, 6.45) is 4.34. The van der Waals surface area contributed by atoms with Crippen LogP contribution in [0.2, 0.25) is 5.02 Å². The Labute approximate surface area is 123 Å². The summed E-state index contributed by atoms with van der Waals surface area (Å²) in [5, 5.41) is 0.604. The predicted molar refractivity (Wildman–Crippen MR) is 79.5 cm³/mol. The van der Waals surface area contributed by atoms with Crippen molar-refractivity contribution in [2.24, 2.45) is 0 Å². The number of aromatic nitrogens is 1. The molecular weight excluding hydrogens is 274 g/mol. The summed E-state index contributed by atoms with van der Waals surface area (Å²) >= 11 is 6.06. The highest BCUT2D eigenvalue weighted by Gasteiger charge is 2.10. The van der Waals surface area contributed by atoms with E-state index in [1.165, 1.54) is 0 Å². The molecule has 20 heavy (non-hydrogen) atoms. The van der Waals surface area contributed by atoms with Gasteiger partial charge in [-0.1, -0.05) is 36.7 Å². The molecule has 0 aliphatic carbocycles. The maximum Gasteiger partial charge on any atom is 0.168 e. The van der Waals surface area contributed by atoms with Crippen molar-refractivity contribution in [3.63, 3.8) is 0 Å². The zero-order valence-electron chi connectivity index (χ0n) is 11.3. The van der Waals surface area contributed by atoms with Crippen molar-refractivity contribution in [2.45, 2.75) is 19.8 Å². The number of Topliss-reactive ketones (excluding diaryl/α,β-unsaturated/α-hetero) is 1. The van der Waals surface area contributed by atoms with Crippen molar-refractivity contribution in [3.05, 3.63) is 58.9 Å². The fourth-order valence-electron chi connectivity index (χ4n) is 1.79. The molecule has 1 aromatic carbocycles. The summed E-state index contributed by atoms with van der Waals surface area (Å²) in [5.41, 5.74) is 1.36. The lowest BCUT2D eigenvalue weighted by Crippen LogP contribution is -2.05. The van der Waals surface area contributed by atoms with E-state index in [0.717, 1.165) is 12.0 Å². The average molecular weight is 290 g/mol. The third-order valence-electron chi connectivity index (χ3n) is 2.82. The molecule has 0 amide bonds. The van der Waals surface area contributed by atoms with Crippen LogP contribution in [0.4, 0.5) is 0 Å². The Kier molecular flexibility index (Phi) is 5.13. The lowest BCUT2D eigenvalue weighted by atomic mass is 10.0. The Morgan fingerprint density at radius 2 is 2.10 bits per heavy atom. The van der Waals surface area contributed by atoms with Crippen molar-refractivity contribution in [3.8, 4) is 5.75 Å². The molecule has 0 N–H and O–H groups in total. The van der Waals surface area contributed by atoms with Crippen LogP contribution in [0, 0.1) is 0 Å². The highest BCUT2D eigenvalue weighted by Crippen LogP contribution is 2.18. The van der Waals surface area contributed by atoms with Crippen LogP contribution in [0.15, 0.2) is 42.7 Å². The summed E-state index contributed by atoms with van der Waals surface area (Å²) in [7, 11) is 0. The van der Waals surface area contributed by atoms with Gasteiger partial charge in [0, 0.05) is 23.2 Å². The molecule has 1 heterocycles. The minimum Gasteiger partial charge on any atom is -0.492 e. The van der Waals surface area contributed by atoms with Crippen molar-refractivity contribution in [1.82, 2.24) is 4.98 Å². The van der Waals surface area contributed by atoms with E-state index >= 15 is 0 Å². The number of rotatable bonds is 6. The molecular formula is C16H16ClNO2. The van der Waals surface area contributed by atoms with Gasteiger partial charge < -0.3 is 4.74 Å². The fourth-order valence-corrected chi connectivity index (χ4v) is 1.99. The van der Waals surface area contributed by atoms with Gasteiger partial charge in [0.1, 0.15) is 5.75 Å². The number of halogens is 1. The van der Waals surface area contributed by atoms with Crippen LogP contribution in [0.5, 0.6) is 5.75 Å². The molecule has 0 radical (unpaired) electrons. The highest BCUT2D eigenvalue weighted by atomic mass is 35.5. The average Bonchev–Trinajstić information content (AvgIpc) is 2.48. The standard InChI is InChI=1S/C16H16ClNO2/c1-2-7-20-14-8-13(10-18-11-14)16(19)9-12-5-3-4-6-15(12)17/h3-6,8,10-11H,2,7,9H2,1H3. The number of pyridine rings is 1. The first-order valence-corrected chi connectivity index (χ1v) is 6.93. The van der Waals surface area contributed by atoms with Gasteiger partial charge >= 0.3 is 0 Å². The molecule has 1 aromatic heterocycles. The number of nitrogens with zero attached hydrogens (tertiary/aromatic N) is 1. The normalized spacial score (nSPS) is 10.3. The second kappa shape index (κ2) is 7.06. The summed E-state index contributed by atoms with van der Waals surface area (Å²) in [6.45, 7) is 2.64. The summed E-state index contributed by atoms with van der Waals surface area (Å²) < 4.78 is 5.48. The molecule has 0 bridgehead atoms. The van der Waals surface area contributed by atoms with Crippen molar-refractivity contribution >= 4 is 17.4 Å². The summed E-state index contributed by atoms with van der Waals surface area (Å²) in [6, 6.07) is 9.07. The van der Waals surface area contributed by atoms with E-state index < -0.39 is 0 Å². The van der Waals surface area contributed by atoms with Crippen molar-refractivity contribution in [2.75, 3.05) is 6.61 Å². The molecule has 0 atom stereocenters. The number of benzene rings is 1. The molecule has 2 aromatic rings. The zero-order valence-corrected chi connectivity index (χ0v) is 12.1. The molecule has 2 rings (SSSR count). The Morgan fingerprint density at radius 1 is 1.30 bits per heavy atom. The minimum absolute atomic E-state index is 0.0208. The van der Waals surface area contributed by atoms with Gasteiger partial charge in [0.2, 0.25) is 0 Å². The van der Waals surface area contributed by atoms with Crippen LogP contribution in [0.1, 0.15) is 29.3 Å². The monoisotopic (exact) mass is 289 g/mol. The molecule has 0 unspecified atom stereocenters. The van der Waals surface area contributed by atoms with Gasteiger partial charge in [0.25, 0.3) is 0 Å². The second-order valence-electron chi connectivity index (χ2n) is 4.45. The molecule has 0 spiro atoms. The second-order valence-corrected chi connectivity index (χ2v) is 4.86. The highest BCUT2D eigenvalue weighted by molar-refractivity contribution is 6.31. The smallest absolute Gasteiger partial charge is 0.168 e. The Bertz CT molecular complexity index is 599. The van der Waals surface area contributed by atoms with E-state index in [9.17, 15) is 4.79 Å². The van der Waals surface area contributed by atoms with Gasteiger partial charge in [-0.25, -0.2) is 0 Å². The number of carbonyl (C=O) groups excluding carboxylic acids is 1. The number of ketones is 1. The molecule has 0 aliphatic rings. The van der Waals surface area contributed by atoms with Crippen LogP contribution in [-0.4, -0.2) is 17.4 Å². The van der Waals surface area contributed by atoms with Crippen LogP contribution in [0.3, 0.4) is 0 Å². The topological polar surface area (TPSA) is 39.2 Å². The number of carbonyl (C=O) groups is 1. The molecule has 3 nitrogen and oxygen atoms in total. The van der Waals surface area contributed by atoms with E-state index in [1.807, 2.05) is 25.1 Å². The lowest BCUT2D eigenvalue weighted by molar-refractivity contribution is 0.0992. The van der Waals surface area contributed by atoms with Crippen LogP contribution in [-0.2, 0) is 6.42 Å². The fraction of sp³-hybridized carbons (Fsp3) is 0.250. The van der Waals surface area contributed by atoms with Crippen molar-refractivity contribution in [1.29, 1.82) is 0 Å². The van der Waals surface area contributed by atoms with Crippen molar-refractivity contribution < 1.29 is 9.53 Å². The van der Waals surface area contributed by atoms with Gasteiger partial charge in [-0.15, -0.1) is 0 Å². The summed E-state index contributed by atoms with van der Waals surface area (Å²) in [4.78, 5) is 16.3. The van der Waals surface area contributed by atoms with Gasteiger partial charge in [0.15, 0.2) is 5.78 Å². The maximum atomic E-state index is 12.2. The van der Waals surface area contributed by atoms with Gasteiger partial charge in [-0.3, -0.25) is 9.78 Å². The number of hydrogen-bond donors (Lipinski definition) is 0.